The van der Waals surface area contributed by atoms with Crippen molar-refractivity contribution in [2.45, 2.75) is 237 Å². The molecule has 1 rings (SSSR count). The van der Waals surface area contributed by atoms with Crippen molar-refractivity contribution in [3.63, 3.8) is 0 Å². The van der Waals surface area contributed by atoms with Crippen LogP contribution in [0.4, 0.5) is 0 Å². The van der Waals surface area contributed by atoms with E-state index in [-0.39, 0.29) is 25.9 Å². The van der Waals surface area contributed by atoms with Crippen molar-refractivity contribution in [1.29, 1.82) is 0 Å². The molecule has 0 amide bonds. The van der Waals surface area contributed by atoms with Crippen LogP contribution in [0, 0.1) is 0 Å². The van der Waals surface area contributed by atoms with Crippen LogP contribution in [0.15, 0.2) is 97.2 Å². The molecule has 71 heavy (non-hydrogen) atoms. The van der Waals surface area contributed by atoms with Gasteiger partial charge in [-0.25, -0.2) is 4.79 Å². The number of carboxylic acid groups (broad SMARTS) is 1. The Balaban J connectivity index is 2.77. The van der Waals surface area contributed by atoms with E-state index in [1.807, 2.05) is 18.2 Å². The highest BCUT2D eigenvalue weighted by Gasteiger charge is 2.50. The number of aliphatic hydroxyl groups excluding tert-OH is 2. The fourth-order valence-corrected chi connectivity index (χ4v) is 7.57. The van der Waals surface area contributed by atoms with E-state index >= 15 is 0 Å². The van der Waals surface area contributed by atoms with Crippen LogP contribution in [0.25, 0.3) is 0 Å². The molecule has 0 aromatic carbocycles. The molecule has 0 radical (unpaired) electrons. The predicted molar refractivity (Wildman–Crippen MR) is 284 cm³/mol. The summed E-state index contributed by atoms with van der Waals surface area (Å²) in [4.78, 5) is 50.8. The van der Waals surface area contributed by atoms with Gasteiger partial charge in [-0.05, 0) is 77.0 Å². The van der Waals surface area contributed by atoms with Gasteiger partial charge >= 0.3 is 23.9 Å². The second kappa shape index (κ2) is 46.7. The van der Waals surface area contributed by atoms with E-state index in [2.05, 4.69) is 93.7 Å². The van der Waals surface area contributed by atoms with E-state index in [1.54, 1.807) is 6.08 Å². The minimum atomic E-state index is -1.92. The van der Waals surface area contributed by atoms with Crippen molar-refractivity contribution in [2.24, 2.45) is 0 Å². The summed E-state index contributed by atoms with van der Waals surface area (Å²) in [5, 5.41) is 31.3. The molecule has 1 heterocycles. The van der Waals surface area contributed by atoms with E-state index in [9.17, 15) is 34.5 Å². The van der Waals surface area contributed by atoms with Gasteiger partial charge in [-0.3, -0.25) is 14.4 Å². The molecule has 0 aromatic rings. The Morgan fingerprint density at radius 1 is 0.493 bits per heavy atom. The number of hydrogen-bond donors (Lipinski definition) is 3. The number of unbranched alkanes of at least 4 members (excludes halogenated alkanes) is 15. The third-order valence-corrected chi connectivity index (χ3v) is 11.7. The van der Waals surface area contributed by atoms with Gasteiger partial charge in [0, 0.05) is 12.8 Å². The molecular formula is C59H94O12. The van der Waals surface area contributed by atoms with Gasteiger partial charge in [0.1, 0.15) is 18.8 Å². The molecule has 12 nitrogen and oxygen atoms in total. The van der Waals surface area contributed by atoms with Gasteiger partial charge in [-0.15, -0.1) is 0 Å². The Hall–Kier alpha value is -4.36. The van der Waals surface area contributed by atoms with Crippen molar-refractivity contribution in [3.05, 3.63) is 97.2 Å². The smallest absolute Gasteiger partial charge is 0.335 e. The Morgan fingerprint density at radius 3 is 1.42 bits per heavy atom. The first-order valence-corrected chi connectivity index (χ1v) is 27.2. The van der Waals surface area contributed by atoms with Crippen LogP contribution in [0.3, 0.4) is 0 Å². The van der Waals surface area contributed by atoms with Crippen molar-refractivity contribution in [1.82, 2.24) is 0 Å². The van der Waals surface area contributed by atoms with E-state index in [4.69, 9.17) is 23.7 Å². The molecule has 1 aliphatic heterocycles. The summed E-state index contributed by atoms with van der Waals surface area (Å²) >= 11 is 0. The van der Waals surface area contributed by atoms with Gasteiger partial charge in [0.05, 0.1) is 13.0 Å². The second-order valence-electron chi connectivity index (χ2n) is 18.1. The molecule has 1 fully saturated rings. The average Bonchev–Trinajstić information content (AvgIpc) is 3.35. The summed E-state index contributed by atoms with van der Waals surface area (Å²) in [6.07, 6.45) is 48.6. The summed E-state index contributed by atoms with van der Waals surface area (Å²) < 4.78 is 28.2. The fourth-order valence-electron chi connectivity index (χ4n) is 7.57. The first-order chi connectivity index (χ1) is 34.6. The molecule has 3 N–H and O–H groups in total. The molecule has 0 spiro atoms. The van der Waals surface area contributed by atoms with E-state index < -0.39 is 67.3 Å². The van der Waals surface area contributed by atoms with Crippen LogP contribution >= 0.6 is 0 Å². The molecular weight excluding hydrogens is 901 g/mol. The molecule has 1 aliphatic rings. The van der Waals surface area contributed by atoms with Gasteiger partial charge in [-0.2, -0.15) is 0 Å². The maximum absolute atomic E-state index is 13.0. The van der Waals surface area contributed by atoms with Crippen LogP contribution in [0.2, 0.25) is 0 Å². The first kappa shape index (κ1) is 64.7. The molecule has 402 valence electrons. The number of hydrogen-bond acceptors (Lipinski definition) is 11. The number of esters is 3. The van der Waals surface area contributed by atoms with Crippen molar-refractivity contribution >= 4 is 23.9 Å². The van der Waals surface area contributed by atoms with Gasteiger partial charge in [0.25, 0.3) is 0 Å². The number of ether oxygens (including phenoxy) is 5. The molecule has 1 saturated heterocycles. The third-order valence-electron chi connectivity index (χ3n) is 11.7. The van der Waals surface area contributed by atoms with E-state index in [0.29, 0.717) is 19.3 Å². The number of aliphatic carboxylic acids is 1. The lowest BCUT2D eigenvalue weighted by Crippen LogP contribution is -2.61. The molecule has 6 unspecified atom stereocenters. The summed E-state index contributed by atoms with van der Waals surface area (Å²) in [5.74, 6) is -3.31. The number of rotatable bonds is 44. The largest absolute Gasteiger partial charge is 0.479 e. The SMILES string of the molecule is CC/C=C\C/C=C\C/C=C\C/C=C\C/C=C\CC(=O)OC(COC(=O)CCCCCCCCC/C=C\C/C=C\C/C=C\CC)COC1OC(C(=O)O)C(O)C(O)C1OC(=O)CCCCCCCCCCC. The zero-order valence-electron chi connectivity index (χ0n) is 43.9. The Kier molecular flexibility index (Phi) is 42.5. The molecule has 0 saturated carbocycles. The van der Waals surface area contributed by atoms with Crippen molar-refractivity contribution in [3.8, 4) is 0 Å². The molecule has 12 heteroatoms. The summed E-state index contributed by atoms with van der Waals surface area (Å²) in [6, 6.07) is 0. The maximum Gasteiger partial charge on any atom is 0.335 e. The monoisotopic (exact) mass is 995 g/mol. The van der Waals surface area contributed by atoms with E-state index in [0.717, 1.165) is 116 Å². The van der Waals surface area contributed by atoms with Gasteiger partial charge in [0.15, 0.2) is 24.6 Å². The van der Waals surface area contributed by atoms with Crippen molar-refractivity contribution < 1.29 is 58.2 Å². The first-order valence-electron chi connectivity index (χ1n) is 27.2. The summed E-state index contributed by atoms with van der Waals surface area (Å²) in [6.45, 7) is 5.62. The van der Waals surface area contributed by atoms with Gasteiger partial charge in [0.2, 0.25) is 0 Å². The van der Waals surface area contributed by atoms with Crippen LogP contribution in [0.5, 0.6) is 0 Å². The number of allylic oxidation sites excluding steroid dienone is 15. The summed E-state index contributed by atoms with van der Waals surface area (Å²) in [5.41, 5.74) is 0. The third kappa shape index (κ3) is 37.1. The highest BCUT2D eigenvalue weighted by atomic mass is 16.7. The fraction of sp³-hybridized carbons (Fsp3) is 0.661. The Morgan fingerprint density at radius 2 is 0.930 bits per heavy atom. The Bertz CT molecular complexity index is 1610. The van der Waals surface area contributed by atoms with Crippen LogP contribution in [-0.2, 0) is 42.9 Å². The van der Waals surface area contributed by atoms with Crippen LogP contribution in [0.1, 0.15) is 201 Å². The topological polar surface area (TPSA) is 175 Å². The maximum atomic E-state index is 13.0. The predicted octanol–water partition coefficient (Wildman–Crippen LogP) is 13.3. The normalized spacial score (nSPS) is 19.3. The van der Waals surface area contributed by atoms with E-state index in [1.165, 1.54) is 25.7 Å². The molecule has 0 aliphatic carbocycles. The average molecular weight is 995 g/mol. The lowest BCUT2D eigenvalue weighted by atomic mass is 9.98. The molecule has 6 atom stereocenters. The zero-order valence-corrected chi connectivity index (χ0v) is 43.9. The minimum absolute atomic E-state index is 0.0461. The minimum Gasteiger partial charge on any atom is -0.479 e. The molecule has 0 bridgehead atoms. The van der Waals surface area contributed by atoms with Crippen molar-refractivity contribution in [2.75, 3.05) is 13.2 Å². The number of carboxylic acids is 1. The quantitative estimate of drug-likeness (QED) is 0.0228. The molecule has 0 aromatic heterocycles. The number of carbonyl (C=O) groups is 4. The Labute approximate surface area is 428 Å². The zero-order chi connectivity index (χ0) is 51.8. The highest BCUT2D eigenvalue weighted by Crippen LogP contribution is 2.26. The lowest BCUT2D eigenvalue weighted by Gasteiger charge is -2.40. The van der Waals surface area contributed by atoms with Crippen LogP contribution < -0.4 is 0 Å². The lowest BCUT2D eigenvalue weighted by molar-refractivity contribution is -0.301. The van der Waals surface area contributed by atoms with Gasteiger partial charge in [-0.1, -0.05) is 201 Å². The number of aliphatic hydroxyl groups is 2. The summed E-state index contributed by atoms with van der Waals surface area (Å²) in [7, 11) is 0. The second-order valence-corrected chi connectivity index (χ2v) is 18.1. The highest BCUT2D eigenvalue weighted by molar-refractivity contribution is 5.74. The van der Waals surface area contributed by atoms with Gasteiger partial charge < -0.3 is 39.0 Å². The standard InChI is InChI=1S/C59H94O12/c1-4-7-10-13-16-19-21-23-25-26-28-29-31-34-36-39-42-45-51(60)67-48-50(69-52(61)46-43-40-38-35-32-30-27-24-22-20-17-14-11-8-5-2)49-68-59-57(55(64)54(63)56(71-59)58(65)66)70-53(62)47-44-41-37-33-18-15-12-9-6-3/h7-8,10-11,16-17,19-20,23-25,27,32,35,40,43,50,54-57,59,63-64H,4-6,9,12-15,18,21-22,26,28-31,33-34,36-39,41-42,44-49H2,1-3H3,(H,65,66)/b10-7-,11-8-,19-16-,20-17-,25-23-,27-24-,35-32-,43-40-. The van der Waals surface area contributed by atoms with Crippen LogP contribution in [-0.4, -0.2) is 89.2 Å². The number of carbonyl (C=O) groups excluding carboxylic acids is 3.